The zero-order chi connectivity index (χ0) is 12.1. The predicted octanol–water partition coefficient (Wildman–Crippen LogP) is 4.20. The number of ketones is 1. The minimum absolute atomic E-state index is 0.184. The molecule has 88 valence electrons. The van der Waals surface area contributed by atoms with E-state index < -0.39 is 0 Å². The average Bonchev–Trinajstić information content (AvgIpc) is 2.77. The maximum atomic E-state index is 11.8. The van der Waals surface area contributed by atoms with Crippen molar-refractivity contribution in [3.8, 4) is 0 Å². The zero-order valence-electron chi connectivity index (χ0n) is 9.15. The van der Waals surface area contributed by atoms with Crippen LogP contribution in [0.3, 0.4) is 0 Å². The average molecular weight is 310 g/mol. The number of para-hydroxylation sites is 1. The smallest absolute Gasteiger partial charge is 0.174 e. The van der Waals surface area contributed by atoms with E-state index in [1.165, 1.54) is 11.3 Å². The van der Waals surface area contributed by atoms with Gasteiger partial charge in [0.05, 0.1) is 8.66 Å². The van der Waals surface area contributed by atoms with E-state index in [4.69, 9.17) is 0 Å². The second-order valence-corrected chi connectivity index (χ2v) is 6.03. The quantitative estimate of drug-likeness (QED) is 0.839. The van der Waals surface area contributed by atoms with Crippen LogP contribution in [-0.4, -0.2) is 12.3 Å². The van der Waals surface area contributed by atoms with Crippen molar-refractivity contribution < 1.29 is 4.79 Å². The van der Waals surface area contributed by atoms with Crippen LogP contribution >= 0.6 is 27.3 Å². The summed E-state index contributed by atoms with van der Waals surface area (Å²) in [5.74, 6) is 0.184. The van der Waals surface area contributed by atoms with Crippen LogP contribution in [0.4, 0.5) is 5.69 Å². The summed E-state index contributed by atoms with van der Waals surface area (Å²) in [7, 11) is 0. The SMILES string of the molecule is O=C(CCNc1ccccc1)c1ccc(Br)s1. The first-order valence-electron chi connectivity index (χ1n) is 5.33. The minimum atomic E-state index is 0.184. The molecule has 0 spiro atoms. The highest BCUT2D eigenvalue weighted by Gasteiger charge is 2.07. The van der Waals surface area contributed by atoms with Gasteiger partial charge in [-0.2, -0.15) is 0 Å². The fourth-order valence-corrected chi connectivity index (χ4v) is 2.82. The molecule has 0 aliphatic carbocycles. The van der Waals surface area contributed by atoms with E-state index in [9.17, 15) is 4.79 Å². The lowest BCUT2D eigenvalue weighted by Gasteiger charge is -2.04. The minimum Gasteiger partial charge on any atom is -0.385 e. The molecule has 2 aromatic rings. The van der Waals surface area contributed by atoms with Crippen molar-refractivity contribution in [2.75, 3.05) is 11.9 Å². The van der Waals surface area contributed by atoms with Crippen LogP contribution in [0.15, 0.2) is 46.3 Å². The second-order valence-electron chi connectivity index (χ2n) is 3.57. The van der Waals surface area contributed by atoms with Gasteiger partial charge in [-0.3, -0.25) is 4.79 Å². The Balaban J connectivity index is 1.81. The third-order valence-corrected chi connectivity index (χ3v) is 3.97. The monoisotopic (exact) mass is 309 g/mol. The van der Waals surface area contributed by atoms with E-state index in [0.29, 0.717) is 13.0 Å². The van der Waals surface area contributed by atoms with E-state index in [0.717, 1.165) is 14.4 Å². The lowest BCUT2D eigenvalue weighted by atomic mass is 10.2. The van der Waals surface area contributed by atoms with Crippen molar-refractivity contribution in [3.05, 3.63) is 51.1 Å². The van der Waals surface area contributed by atoms with Crippen LogP contribution in [0.5, 0.6) is 0 Å². The maximum absolute atomic E-state index is 11.8. The van der Waals surface area contributed by atoms with E-state index in [1.807, 2.05) is 42.5 Å². The second kappa shape index (κ2) is 5.98. The molecular formula is C13H12BrNOS. The van der Waals surface area contributed by atoms with Gasteiger partial charge in [0.25, 0.3) is 0 Å². The number of hydrogen-bond acceptors (Lipinski definition) is 3. The van der Waals surface area contributed by atoms with Gasteiger partial charge < -0.3 is 5.32 Å². The van der Waals surface area contributed by atoms with E-state index in [-0.39, 0.29) is 5.78 Å². The standard InChI is InChI=1S/C13H12BrNOS/c14-13-7-6-12(17-13)11(16)8-9-15-10-4-2-1-3-5-10/h1-7,15H,8-9H2. The molecule has 17 heavy (non-hydrogen) atoms. The largest absolute Gasteiger partial charge is 0.385 e. The summed E-state index contributed by atoms with van der Waals surface area (Å²) in [5.41, 5.74) is 1.05. The molecule has 1 N–H and O–H groups in total. The fraction of sp³-hybridized carbons (Fsp3) is 0.154. The Hall–Kier alpha value is -1.13. The molecule has 0 aliphatic rings. The summed E-state index contributed by atoms with van der Waals surface area (Å²) in [6.07, 6.45) is 0.516. The number of rotatable bonds is 5. The van der Waals surface area contributed by atoms with Crippen LogP contribution in [0.2, 0.25) is 0 Å². The number of halogens is 1. The van der Waals surface area contributed by atoms with Crippen LogP contribution < -0.4 is 5.32 Å². The van der Waals surface area contributed by atoms with E-state index in [2.05, 4.69) is 21.2 Å². The van der Waals surface area contributed by atoms with Crippen molar-refractivity contribution in [1.82, 2.24) is 0 Å². The van der Waals surface area contributed by atoms with Crippen LogP contribution in [-0.2, 0) is 0 Å². The molecule has 0 aliphatic heterocycles. The number of hydrogen-bond donors (Lipinski definition) is 1. The van der Waals surface area contributed by atoms with Crippen molar-refractivity contribution in [2.24, 2.45) is 0 Å². The summed E-state index contributed by atoms with van der Waals surface area (Å²) in [4.78, 5) is 12.6. The van der Waals surface area contributed by atoms with Gasteiger partial charge in [-0.05, 0) is 40.2 Å². The van der Waals surface area contributed by atoms with Gasteiger partial charge in [0, 0.05) is 18.7 Å². The first kappa shape index (κ1) is 12.3. The number of Topliss-reactive ketones (excluding diaryl/α,β-unsaturated/α-hetero) is 1. The topological polar surface area (TPSA) is 29.1 Å². The van der Waals surface area contributed by atoms with Crippen molar-refractivity contribution in [1.29, 1.82) is 0 Å². The Bertz CT molecular complexity index is 495. The maximum Gasteiger partial charge on any atom is 0.174 e. The molecule has 0 saturated carbocycles. The van der Waals surface area contributed by atoms with Crippen molar-refractivity contribution in [3.63, 3.8) is 0 Å². The Labute approximate surface area is 113 Å². The molecule has 0 fully saturated rings. The van der Waals surface area contributed by atoms with Crippen molar-refractivity contribution in [2.45, 2.75) is 6.42 Å². The molecule has 0 bridgehead atoms. The van der Waals surface area contributed by atoms with E-state index >= 15 is 0 Å². The molecule has 2 rings (SSSR count). The molecule has 0 saturated heterocycles. The number of nitrogens with one attached hydrogen (secondary N) is 1. The molecule has 1 aromatic carbocycles. The number of carbonyl (C=O) groups excluding carboxylic acids is 1. The third kappa shape index (κ3) is 3.68. The molecule has 1 heterocycles. The molecule has 4 heteroatoms. The van der Waals surface area contributed by atoms with Gasteiger partial charge in [-0.1, -0.05) is 18.2 Å². The molecule has 0 radical (unpaired) electrons. The number of anilines is 1. The Kier molecular flexibility index (Phi) is 4.34. The molecule has 1 aromatic heterocycles. The third-order valence-electron chi connectivity index (χ3n) is 2.30. The highest BCUT2D eigenvalue weighted by molar-refractivity contribution is 9.11. The molecule has 2 nitrogen and oxygen atoms in total. The highest BCUT2D eigenvalue weighted by Crippen LogP contribution is 2.23. The fourth-order valence-electron chi connectivity index (χ4n) is 1.46. The summed E-state index contributed by atoms with van der Waals surface area (Å²) < 4.78 is 0.997. The Morgan fingerprint density at radius 3 is 2.59 bits per heavy atom. The van der Waals surface area contributed by atoms with Gasteiger partial charge in [-0.15, -0.1) is 11.3 Å². The number of thiophene rings is 1. The lowest BCUT2D eigenvalue weighted by Crippen LogP contribution is -2.07. The van der Waals surface area contributed by atoms with Gasteiger partial charge in [0.15, 0.2) is 5.78 Å². The summed E-state index contributed by atoms with van der Waals surface area (Å²) in [6, 6.07) is 13.7. The molecule has 0 atom stereocenters. The first-order valence-corrected chi connectivity index (χ1v) is 6.94. The van der Waals surface area contributed by atoms with Gasteiger partial charge in [-0.25, -0.2) is 0 Å². The number of benzene rings is 1. The summed E-state index contributed by atoms with van der Waals surface area (Å²) >= 11 is 4.84. The molecular weight excluding hydrogens is 298 g/mol. The van der Waals surface area contributed by atoms with Crippen LogP contribution in [0.1, 0.15) is 16.1 Å². The Morgan fingerprint density at radius 1 is 1.18 bits per heavy atom. The predicted molar refractivity (Wildman–Crippen MR) is 75.9 cm³/mol. The van der Waals surface area contributed by atoms with Gasteiger partial charge in [0.2, 0.25) is 0 Å². The lowest BCUT2D eigenvalue weighted by molar-refractivity contribution is 0.0990. The van der Waals surface area contributed by atoms with Gasteiger partial charge >= 0.3 is 0 Å². The van der Waals surface area contributed by atoms with Crippen LogP contribution in [0, 0.1) is 0 Å². The summed E-state index contributed by atoms with van der Waals surface area (Å²) in [5, 5.41) is 3.22. The molecule has 0 amide bonds. The Morgan fingerprint density at radius 2 is 1.94 bits per heavy atom. The zero-order valence-corrected chi connectivity index (χ0v) is 11.6. The van der Waals surface area contributed by atoms with Gasteiger partial charge in [0.1, 0.15) is 0 Å². The highest BCUT2D eigenvalue weighted by atomic mass is 79.9. The van der Waals surface area contributed by atoms with Crippen molar-refractivity contribution >= 4 is 38.7 Å². The normalized spacial score (nSPS) is 10.2. The van der Waals surface area contributed by atoms with E-state index in [1.54, 1.807) is 0 Å². The summed E-state index contributed by atoms with van der Waals surface area (Å²) in [6.45, 7) is 0.665. The molecule has 0 unspecified atom stereocenters. The first-order chi connectivity index (χ1) is 8.25. The number of carbonyl (C=O) groups is 1. The van der Waals surface area contributed by atoms with Crippen LogP contribution in [0.25, 0.3) is 0 Å².